The van der Waals surface area contributed by atoms with Crippen LogP contribution in [0.15, 0.2) is 54.6 Å². The number of rotatable bonds is 8. The molecule has 0 aliphatic rings. The van der Waals surface area contributed by atoms with Crippen LogP contribution in [0.25, 0.3) is 11.1 Å². The molecule has 0 atom stereocenters. The van der Waals surface area contributed by atoms with Gasteiger partial charge in [-0.1, -0.05) is 18.2 Å². The average Bonchev–Trinajstić information content (AvgIpc) is 2.72. The zero-order valence-electron chi connectivity index (χ0n) is 18.3. The number of esters is 1. The van der Waals surface area contributed by atoms with Gasteiger partial charge in [-0.3, -0.25) is 0 Å². The van der Waals surface area contributed by atoms with E-state index in [-0.39, 0.29) is 30.1 Å². The van der Waals surface area contributed by atoms with Crippen molar-refractivity contribution in [1.82, 2.24) is 0 Å². The molecule has 0 aromatic heterocycles. The molecular weight excluding hydrogens is 414 g/mol. The van der Waals surface area contributed by atoms with Gasteiger partial charge in [-0.15, -0.1) is 0 Å². The number of hydrogen-bond donors (Lipinski definition) is 1. The second kappa shape index (κ2) is 10.3. The second-order valence-electron chi connectivity index (χ2n) is 7.87. The third kappa shape index (κ3) is 6.06. The number of halogens is 2. The molecule has 0 aliphatic carbocycles. The van der Waals surface area contributed by atoms with Crippen LogP contribution < -0.4 is 4.74 Å². The fraction of sp³-hybridized carbons (Fsp3) is 0.269. The van der Waals surface area contributed by atoms with Crippen LogP contribution in [0.2, 0.25) is 0 Å². The maximum Gasteiger partial charge on any atom is 0.344 e. The molecule has 0 heterocycles. The number of carbonyl (C=O) groups excluding carboxylic acids is 1. The number of aromatic hydroxyl groups is 1. The summed E-state index contributed by atoms with van der Waals surface area (Å²) in [5.41, 5.74) is 3.18. The van der Waals surface area contributed by atoms with Crippen LogP contribution >= 0.6 is 0 Å². The lowest BCUT2D eigenvalue weighted by atomic mass is 9.96. The Morgan fingerprint density at radius 1 is 1.00 bits per heavy atom. The number of ether oxygens (including phenoxy) is 2. The monoisotopic (exact) mass is 440 g/mol. The summed E-state index contributed by atoms with van der Waals surface area (Å²) in [6, 6.07) is 14.0. The van der Waals surface area contributed by atoms with Crippen LogP contribution in [-0.2, 0) is 22.4 Å². The van der Waals surface area contributed by atoms with Crippen molar-refractivity contribution in [1.29, 1.82) is 0 Å². The van der Waals surface area contributed by atoms with E-state index in [0.29, 0.717) is 40.8 Å². The lowest BCUT2D eigenvalue weighted by Gasteiger charge is -2.15. The Hall–Kier alpha value is -3.41. The Bertz CT molecular complexity index is 1110. The average molecular weight is 440 g/mol. The van der Waals surface area contributed by atoms with E-state index in [1.165, 1.54) is 24.3 Å². The van der Waals surface area contributed by atoms with Crippen molar-refractivity contribution in [2.75, 3.05) is 6.61 Å². The van der Waals surface area contributed by atoms with E-state index in [0.717, 1.165) is 5.56 Å². The Balaban J connectivity index is 1.76. The first-order valence-corrected chi connectivity index (χ1v) is 10.4. The van der Waals surface area contributed by atoms with Crippen LogP contribution in [-0.4, -0.2) is 23.8 Å². The van der Waals surface area contributed by atoms with Crippen molar-refractivity contribution in [3.63, 3.8) is 0 Å². The van der Waals surface area contributed by atoms with E-state index < -0.39 is 5.97 Å². The van der Waals surface area contributed by atoms with Gasteiger partial charge in [0.25, 0.3) is 0 Å². The standard InChI is InChI=1S/C26H26F2O4/c1-16(2)32-26(30)15-31-25-10-9-24(28)23(17(25)3)8-7-18-11-20(14-22(29)12-18)19-5-4-6-21(27)13-19/h4-6,9-14,16,29H,7-8,15H2,1-3H3. The lowest BCUT2D eigenvalue weighted by molar-refractivity contribution is -0.149. The van der Waals surface area contributed by atoms with Crippen molar-refractivity contribution in [3.8, 4) is 22.6 Å². The second-order valence-corrected chi connectivity index (χ2v) is 7.87. The number of benzene rings is 3. The predicted molar refractivity (Wildman–Crippen MR) is 119 cm³/mol. The van der Waals surface area contributed by atoms with Crippen molar-refractivity contribution in [2.45, 2.75) is 39.7 Å². The molecule has 0 aliphatic heterocycles. The van der Waals surface area contributed by atoms with E-state index in [1.807, 2.05) is 6.07 Å². The van der Waals surface area contributed by atoms with Gasteiger partial charge in [-0.25, -0.2) is 13.6 Å². The van der Waals surface area contributed by atoms with Gasteiger partial charge in [0.1, 0.15) is 23.1 Å². The highest BCUT2D eigenvalue weighted by molar-refractivity contribution is 5.71. The highest BCUT2D eigenvalue weighted by Crippen LogP contribution is 2.29. The summed E-state index contributed by atoms with van der Waals surface area (Å²) in [5.74, 6) is -0.752. The summed E-state index contributed by atoms with van der Waals surface area (Å²) >= 11 is 0. The molecule has 0 saturated heterocycles. The van der Waals surface area contributed by atoms with Gasteiger partial charge in [0.2, 0.25) is 0 Å². The molecule has 4 nitrogen and oxygen atoms in total. The van der Waals surface area contributed by atoms with Gasteiger partial charge in [0.05, 0.1) is 6.10 Å². The third-order valence-electron chi connectivity index (χ3n) is 5.00. The molecule has 168 valence electrons. The molecule has 3 rings (SSSR count). The fourth-order valence-corrected chi connectivity index (χ4v) is 3.52. The van der Waals surface area contributed by atoms with Gasteiger partial charge >= 0.3 is 5.97 Å². The molecule has 32 heavy (non-hydrogen) atoms. The summed E-state index contributed by atoms with van der Waals surface area (Å²) in [6.07, 6.45) is 0.570. The topological polar surface area (TPSA) is 55.8 Å². The number of carbonyl (C=O) groups is 1. The minimum atomic E-state index is -0.491. The Kier molecular flexibility index (Phi) is 7.46. The Labute approximate surface area is 186 Å². The highest BCUT2D eigenvalue weighted by atomic mass is 19.1. The smallest absolute Gasteiger partial charge is 0.344 e. The van der Waals surface area contributed by atoms with E-state index in [9.17, 15) is 18.7 Å². The summed E-state index contributed by atoms with van der Waals surface area (Å²) in [4.78, 5) is 11.7. The van der Waals surface area contributed by atoms with Crippen LogP contribution in [0.1, 0.15) is 30.5 Å². The van der Waals surface area contributed by atoms with Gasteiger partial charge < -0.3 is 14.6 Å². The molecule has 0 saturated carbocycles. The summed E-state index contributed by atoms with van der Waals surface area (Å²) in [5, 5.41) is 10.1. The minimum Gasteiger partial charge on any atom is -0.508 e. The van der Waals surface area contributed by atoms with Crippen molar-refractivity contribution < 1.29 is 28.2 Å². The van der Waals surface area contributed by atoms with Crippen molar-refractivity contribution in [2.24, 2.45) is 0 Å². The molecule has 3 aromatic rings. The summed E-state index contributed by atoms with van der Waals surface area (Å²) < 4.78 is 38.7. The Morgan fingerprint density at radius 3 is 2.50 bits per heavy atom. The number of phenolic OH excluding ortho intramolecular Hbond substituents is 1. The van der Waals surface area contributed by atoms with E-state index in [2.05, 4.69) is 0 Å². The lowest BCUT2D eigenvalue weighted by Crippen LogP contribution is -2.19. The van der Waals surface area contributed by atoms with Crippen LogP contribution in [0.3, 0.4) is 0 Å². The number of aryl methyl sites for hydroxylation is 1. The van der Waals surface area contributed by atoms with Gasteiger partial charge in [-0.2, -0.15) is 0 Å². The quantitative estimate of drug-likeness (QED) is 0.453. The van der Waals surface area contributed by atoms with Gasteiger partial charge in [0, 0.05) is 0 Å². The molecule has 0 spiro atoms. The summed E-state index contributed by atoms with van der Waals surface area (Å²) in [6.45, 7) is 4.98. The molecular formula is C26H26F2O4. The predicted octanol–water partition coefficient (Wildman–Crippen LogP) is 5.76. The molecule has 0 unspecified atom stereocenters. The maximum atomic E-state index is 14.5. The number of phenols is 1. The highest BCUT2D eigenvalue weighted by Gasteiger charge is 2.14. The summed E-state index contributed by atoms with van der Waals surface area (Å²) in [7, 11) is 0. The Morgan fingerprint density at radius 2 is 1.78 bits per heavy atom. The molecule has 0 radical (unpaired) electrons. The minimum absolute atomic E-state index is 0.0553. The third-order valence-corrected chi connectivity index (χ3v) is 5.00. The first-order valence-electron chi connectivity index (χ1n) is 10.4. The first kappa shape index (κ1) is 23.3. The molecule has 0 fully saturated rings. The zero-order valence-corrected chi connectivity index (χ0v) is 18.3. The van der Waals surface area contributed by atoms with Gasteiger partial charge in [-0.05, 0) is 97.8 Å². The number of hydrogen-bond acceptors (Lipinski definition) is 4. The van der Waals surface area contributed by atoms with Crippen LogP contribution in [0.4, 0.5) is 8.78 Å². The SMILES string of the molecule is Cc1c(OCC(=O)OC(C)C)ccc(F)c1CCc1cc(O)cc(-c2cccc(F)c2)c1. The fourth-order valence-electron chi connectivity index (χ4n) is 3.52. The molecule has 0 amide bonds. The van der Waals surface area contributed by atoms with Gasteiger partial charge in [0.15, 0.2) is 6.61 Å². The molecule has 0 bridgehead atoms. The maximum absolute atomic E-state index is 14.5. The normalized spacial score (nSPS) is 10.9. The van der Waals surface area contributed by atoms with E-state index in [4.69, 9.17) is 9.47 Å². The first-order chi connectivity index (χ1) is 15.2. The van der Waals surface area contributed by atoms with Crippen LogP contribution in [0, 0.1) is 18.6 Å². The zero-order chi connectivity index (χ0) is 23.3. The molecule has 3 aromatic carbocycles. The largest absolute Gasteiger partial charge is 0.508 e. The molecule has 6 heteroatoms. The van der Waals surface area contributed by atoms with Crippen molar-refractivity contribution in [3.05, 3.63) is 82.9 Å². The molecule has 1 N–H and O–H groups in total. The van der Waals surface area contributed by atoms with E-state index >= 15 is 0 Å². The van der Waals surface area contributed by atoms with Crippen molar-refractivity contribution >= 4 is 5.97 Å². The van der Waals surface area contributed by atoms with E-state index in [1.54, 1.807) is 45.0 Å². The van der Waals surface area contributed by atoms with Crippen LogP contribution in [0.5, 0.6) is 11.5 Å².